The minimum Gasteiger partial charge on any atom is -0.480 e. The molecule has 7 nitrogen and oxygen atoms in total. The van der Waals surface area contributed by atoms with E-state index in [1.54, 1.807) is 0 Å². The van der Waals surface area contributed by atoms with Crippen molar-refractivity contribution in [1.29, 1.82) is 0 Å². The van der Waals surface area contributed by atoms with E-state index in [4.69, 9.17) is 9.47 Å². The zero-order valence-corrected chi connectivity index (χ0v) is 15.8. The molecule has 152 valence electrons. The summed E-state index contributed by atoms with van der Waals surface area (Å²) in [6.45, 7) is 0.475. The number of rotatable bonds is 7. The lowest BCUT2D eigenvalue weighted by Crippen LogP contribution is -2.53. The monoisotopic (exact) mass is 397 g/mol. The topological polar surface area (TPSA) is 105 Å². The summed E-state index contributed by atoms with van der Waals surface area (Å²) in [5.41, 5.74) is 3.79. The molecular weight excluding hydrogens is 374 g/mol. The maximum Gasteiger partial charge on any atom is 0.407 e. The number of alkyl carbamates (subject to hydrolysis) is 1. The summed E-state index contributed by atoms with van der Waals surface area (Å²) in [6.07, 6.45) is -0.698. The van der Waals surface area contributed by atoms with Gasteiger partial charge in [-0.15, -0.1) is 0 Å². The number of aliphatic carboxylic acids is 1. The van der Waals surface area contributed by atoms with E-state index in [1.165, 1.54) is 0 Å². The number of carboxylic acid groups (broad SMARTS) is 1. The fourth-order valence-corrected chi connectivity index (χ4v) is 4.08. The SMILES string of the molecule is O=C(NC(CC1(CO)COC1)C(=O)O)OCC1c2ccccc2-c2ccccc21. The fourth-order valence-electron chi connectivity index (χ4n) is 4.08. The van der Waals surface area contributed by atoms with Gasteiger partial charge in [-0.1, -0.05) is 48.5 Å². The maximum atomic E-state index is 12.3. The number of benzene rings is 2. The molecule has 2 aliphatic rings. The van der Waals surface area contributed by atoms with E-state index in [0.717, 1.165) is 22.3 Å². The Morgan fingerprint density at radius 3 is 2.17 bits per heavy atom. The van der Waals surface area contributed by atoms with Gasteiger partial charge in [0, 0.05) is 11.3 Å². The van der Waals surface area contributed by atoms with Crippen LogP contribution in [-0.2, 0) is 14.3 Å². The van der Waals surface area contributed by atoms with Gasteiger partial charge in [0.05, 0.1) is 19.8 Å². The molecule has 2 aromatic carbocycles. The molecule has 0 spiro atoms. The van der Waals surface area contributed by atoms with Crippen molar-refractivity contribution in [1.82, 2.24) is 5.32 Å². The molecule has 1 atom stereocenters. The highest BCUT2D eigenvalue weighted by molar-refractivity contribution is 5.81. The summed E-state index contributed by atoms with van der Waals surface area (Å²) in [5.74, 6) is -1.27. The van der Waals surface area contributed by atoms with Crippen molar-refractivity contribution in [3.63, 3.8) is 0 Å². The average molecular weight is 397 g/mol. The number of carbonyl (C=O) groups excluding carboxylic acids is 1. The maximum absolute atomic E-state index is 12.3. The van der Waals surface area contributed by atoms with Crippen LogP contribution in [0.1, 0.15) is 23.5 Å². The van der Waals surface area contributed by atoms with Gasteiger partial charge in [-0.05, 0) is 28.7 Å². The second-order valence-corrected chi connectivity index (χ2v) is 7.72. The standard InChI is InChI=1S/C22H23NO6/c24-11-22(12-28-13-22)9-19(20(25)26)23-21(27)29-10-18-16-7-3-1-5-14(16)15-6-2-4-8-17(15)18/h1-8,18-19,24H,9-13H2,(H,23,27)(H,25,26). The van der Waals surface area contributed by atoms with Crippen LogP contribution in [-0.4, -0.2) is 54.7 Å². The molecule has 0 radical (unpaired) electrons. The van der Waals surface area contributed by atoms with Gasteiger partial charge in [0.1, 0.15) is 12.6 Å². The van der Waals surface area contributed by atoms with Crippen molar-refractivity contribution in [2.75, 3.05) is 26.4 Å². The molecule has 1 fully saturated rings. The van der Waals surface area contributed by atoms with E-state index in [9.17, 15) is 19.8 Å². The molecule has 4 rings (SSSR count). The number of amides is 1. The molecule has 1 heterocycles. The summed E-state index contributed by atoms with van der Waals surface area (Å²) >= 11 is 0. The summed E-state index contributed by atoms with van der Waals surface area (Å²) in [5, 5.41) is 21.4. The second-order valence-electron chi connectivity index (χ2n) is 7.72. The Balaban J connectivity index is 1.42. The van der Waals surface area contributed by atoms with Crippen LogP contribution in [0.3, 0.4) is 0 Å². The molecular formula is C22H23NO6. The Morgan fingerprint density at radius 2 is 1.69 bits per heavy atom. The van der Waals surface area contributed by atoms with Crippen molar-refractivity contribution in [2.45, 2.75) is 18.4 Å². The quantitative estimate of drug-likeness (QED) is 0.663. The van der Waals surface area contributed by atoms with Gasteiger partial charge in [-0.2, -0.15) is 0 Å². The lowest BCUT2D eigenvalue weighted by atomic mass is 9.80. The molecule has 0 saturated carbocycles. The molecule has 7 heteroatoms. The third kappa shape index (κ3) is 3.71. The molecule has 2 aromatic rings. The molecule has 3 N–H and O–H groups in total. The van der Waals surface area contributed by atoms with Crippen molar-refractivity contribution in [3.05, 3.63) is 59.7 Å². The molecule has 1 aliphatic carbocycles. The average Bonchev–Trinajstić information content (AvgIpc) is 3.02. The molecule has 0 aromatic heterocycles. The van der Waals surface area contributed by atoms with Gasteiger partial charge >= 0.3 is 12.1 Å². The lowest BCUT2D eigenvalue weighted by Gasteiger charge is -2.41. The molecule has 1 unspecified atom stereocenters. The first-order valence-corrected chi connectivity index (χ1v) is 9.56. The predicted octanol–water partition coefficient (Wildman–Crippen LogP) is 2.38. The Hall–Kier alpha value is -2.90. The number of hydrogen-bond acceptors (Lipinski definition) is 5. The number of ether oxygens (including phenoxy) is 2. The number of aliphatic hydroxyl groups is 1. The van der Waals surface area contributed by atoms with Crippen LogP contribution in [0.25, 0.3) is 11.1 Å². The first kappa shape index (κ1) is 19.4. The van der Waals surface area contributed by atoms with Crippen molar-refractivity contribution >= 4 is 12.1 Å². The summed E-state index contributed by atoms with van der Waals surface area (Å²) in [6, 6.07) is 14.8. The number of fused-ring (bicyclic) bond motifs is 3. The second kappa shape index (κ2) is 7.85. The molecule has 1 aliphatic heterocycles. The number of aliphatic hydroxyl groups excluding tert-OH is 1. The number of nitrogens with one attached hydrogen (secondary N) is 1. The zero-order valence-electron chi connectivity index (χ0n) is 15.8. The molecule has 1 amide bonds. The lowest BCUT2D eigenvalue weighted by molar-refractivity contribution is -0.156. The van der Waals surface area contributed by atoms with E-state index in [0.29, 0.717) is 0 Å². The van der Waals surface area contributed by atoms with Gasteiger partial charge in [0.15, 0.2) is 0 Å². The van der Waals surface area contributed by atoms with Gasteiger partial charge < -0.3 is 25.0 Å². The van der Waals surface area contributed by atoms with Crippen LogP contribution in [0, 0.1) is 5.41 Å². The first-order chi connectivity index (χ1) is 14.0. The van der Waals surface area contributed by atoms with Gasteiger partial charge in [-0.25, -0.2) is 9.59 Å². The van der Waals surface area contributed by atoms with Crippen molar-refractivity contribution in [2.24, 2.45) is 5.41 Å². The van der Waals surface area contributed by atoms with Crippen LogP contribution < -0.4 is 5.32 Å². The van der Waals surface area contributed by atoms with Crippen molar-refractivity contribution < 1.29 is 29.3 Å². The highest BCUT2D eigenvalue weighted by Gasteiger charge is 2.42. The van der Waals surface area contributed by atoms with Crippen LogP contribution >= 0.6 is 0 Å². The Kier molecular flexibility index (Phi) is 5.25. The Bertz CT molecular complexity index is 872. The van der Waals surface area contributed by atoms with Crippen LogP contribution in [0.2, 0.25) is 0 Å². The normalized spacial score (nSPS) is 17.6. The van der Waals surface area contributed by atoms with Crippen LogP contribution in [0.15, 0.2) is 48.5 Å². The van der Waals surface area contributed by atoms with E-state index < -0.39 is 23.5 Å². The molecule has 29 heavy (non-hydrogen) atoms. The van der Waals surface area contributed by atoms with Crippen LogP contribution in [0.5, 0.6) is 0 Å². The largest absolute Gasteiger partial charge is 0.480 e. The number of carboxylic acids is 1. The summed E-state index contributed by atoms with van der Waals surface area (Å²) in [4.78, 5) is 23.9. The highest BCUT2D eigenvalue weighted by atomic mass is 16.5. The van der Waals surface area contributed by atoms with E-state index in [-0.39, 0.29) is 38.8 Å². The number of carbonyl (C=O) groups is 2. The van der Waals surface area contributed by atoms with Gasteiger partial charge in [-0.3, -0.25) is 0 Å². The first-order valence-electron chi connectivity index (χ1n) is 9.56. The third-order valence-corrected chi connectivity index (χ3v) is 5.72. The minimum atomic E-state index is -1.17. The fraction of sp³-hybridized carbons (Fsp3) is 0.364. The summed E-state index contributed by atoms with van der Waals surface area (Å²) in [7, 11) is 0. The van der Waals surface area contributed by atoms with E-state index in [1.807, 2.05) is 48.5 Å². The molecule has 0 bridgehead atoms. The summed E-state index contributed by atoms with van der Waals surface area (Å²) < 4.78 is 10.5. The van der Waals surface area contributed by atoms with Crippen LogP contribution in [0.4, 0.5) is 4.79 Å². The zero-order chi connectivity index (χ0) is 20.4. The van der Waals surface area contributed by atoms with Gasteiger partial charge in [0.25, 0.3) is 0 Å². The Labute approximate surface area is 168 Å². The smallest absolute Gasteiger partial charge is 0.407 e. The number of hydrogen-bond donors (Lipinski definition) is 3. The minimum absolute atomic E-state index is 0.0863. The van der Waals surface area contributed by atoms with E-state index in [2.05, 4.69) is 5.32 Å². The Morgan fingerprint density at radius 1 is 1.10 bits per heavy atom. The predicted molar refractivity (Wildman–Crippen MR) is 105 cm³/mol. The van der Waals surface area contributed by atoms with Crippen molar-refractivity contribution in [3.8, 4) is 11.1 Å². The third-order valence-electron chi connectivity index (χ3n) is 5.72. The van der Waals surface area contributed by atoms with Gasteiger partial charge in [0.2, 0.25) is 0 Å². The highest BCUT2D eigenvalue weighted by Crippen LogP contribution is 2.44. The molecule has 1 saturated heterocycles. The van der Waals surface area contributed by atoms with E-state index >= 15 is 0 Å².